The highest BCUT2D eigenvalue weighted by Gasteiger charge is 2.13. The Morgan fingerprint density at radius 2 is 1.88 bits per heavy atom. The number of fused-ring (bicyclic) bond motifs is 1. The van der Waals surface area contributed by atoms with Crippen molar-refractivity contribution in [3.63, 3.8) is 0 Å². The highest BCUT2D eigenvalue weighted by atomic mass is 16.5. The molecule has 1 heterocycles. The van der Waals surface area contributed by atoms with Crippen LogP contribution in [-0.2, 0) is 6.42 Å². The molecule has 1 aliphatic rings. The minimum atomic E-state index is 0.566. The first-order valence-corrected chi connectivity index (χ1v) is 9.76. The summed E-state index contributed by atoms with van der Waals surface area (Å²) in [6.07, 6.45) is 7.54. The second-order valence-electron chi connectivity index (χ2n) is 7.19. The first-order chi connectivity index (χ1) is 12.7. The third-order valence-electron chi connectivity index (χ3n) is 4.82. The molecule has 0 atom stereocenters. The SMILES string of the molecule is CCCCOc1ccc2c(c1)CCN=C2C=Cc1ccc(C(C)C)cc1. The van der Waals surface area contributed by atoms with Gasteiger partial charge in [0.25, 0.3) is 0 Å². The maximum atomic E-state index is 5.85. The van der Waals surface area contributed by atoms with E-state index in [-0.39, 0.29) is 0 Å². The molecule has 0 N–H and O–H groups in total. The standard InChI is InChI=1S/C24H29NO/c1-4-5-16-26-22-11-12-23-21(17-22)14-15-25-24(23)13-8-19-6-9-20(10-7-19)18(2)3/h6-13,17-18H,4-5,14-16H2,1-3H3. The third kappa shape index (κ3) is 4.63. The lowest BCUT2D eigenvalue weighted by atomic mass is 9.96. The molecule has 2 aromatic rings. The van der Waals surface area contributed by atoms with E-state index in [9.17, 15) is 0 Å². The summed E-state index contributed by atoms with van der Waals surface area (Å²) in [7, 11) is 0. The maximum absolute atomic E-state index is 5.85. The number of hydrogen-bond donors (Lipinski definition) is 0. The molecule has 0 bridgehead atoms. The van der Waals surface area contributed by atoms with E-state index >= 15 is 0 Å². The fraction of sp³-hybridized carbons (Fsp3) is 0.375. The van der Waals surface area contributed by atoms with Crippen LogP contribution in [0.1, 0.15) is 61.8 Å². The Morgan fingerprint density at radius 1 is 1.08 bits per heavy atom. The van der Waals surface area contributed by atoms with Crippen LogP contribution < -0.4 is 4.74 Å². The van der Waals surface area contributed by atoms with Gasteiger partial charge in [0, 0.05) is 12.1 Å². The van der Waals surface area contributed by atoms with Crippen LogP contribution in [0.3, 0.4) is 0 Å². The summed E-state index contributed by atoms with van der Waals surface area (Å²) in [6, 6.07) is 15.2. The monoisotopic (exact) mass is 347 g/mol. The largest absolute Gasteiger partial charge is 0.494 e. The lowest BCUT2D eigenvalue weighted by Crippen LogP contribution is -2.11. The normalized spacial score (nSPS) is 13.8. The number of ether oxygens (including phenoxy) is 1. The van der Waals surface area contributed by atoms with E-state index < -0.39 is 0 Å². The predicted octanol–water partition coefficient (Wildman–Crippen LogP) is 6.05. The number of unbranched alkanes of at least 4 members (excludes halogenated alkanes) is 1. The Hall–Kier alpha value is -2.35. The molecule has 3 rings (SSSR count). The molecular formula is C24H29NO. The molecule has 0 saturated carbocycles. The molecule has 0 unspecified atom stereocenters. The van der Waals surface area contributed by atoms with E-state index in [2.05, 4.69) is 75.4 Å². The summed E-state index contributed by atoms with van der Waals surface area (Å²) in [5, 5.41) is 0. The van der Waals surface area contributed by atoms with Gasteiger partial charge in [-0.2, -0.15) is 0 Å². The van der Waals surface area contributed by atoms with Gasteiger partial charge in [0.1, 0.15) is 5.75 Å². The molecule has 0 saturated heterocycles. The highest BCUT2D eigenvalue weighted by Crippen LogP contribution is 2.23. The average Bonchev–Trinajstić information content (AvgIpc) is 2.66. The van der Waals surface area contributed by atoms with Crippen molar-refractivity contribution in [2.75, 3.05) is 13.2 Å². The van der Waals surface area contributed by atoms with Crippen LogP contribution >= 0.6 is 0 Å². The molecule has 0 amide bonds. The molecule has 26 heavy (non-hydrogen) atoms. The Bertz CT molecular complexity index is 784. The van der Waals surface area contributed by atoms with Gasteiger partial charge in [-0.15, -0.1) is 0 Å². The number of nitrogens with zero attached hydrogens (tertiary/aromatic N) is 1. The number of rotatable bonds is 7. The Kier molecular flexibility index (Phi) is 6.27. The molecule has 0 aliphatic carbocycles. The summed E-state index contributed by atoms with van der Waals surface area (Å²) in [4.78, 5) is 4.73. The minimum Gasteiger partial charge on any atom is -0.494 e. The van der Waals surface area contributed by atoms with Crippen LogP contribution in [0.25, 0.3) is 6.08 Å². The summed E-state index contributed by atoms with van der Waals surface area (Å²) in [5.74, 6) is 1.54. The molecule has 2 heteroatoms. The number of benzene rings is 2. The van der Waals surface area contributed by atoms with Gasteiger partial charge in [-0.1, -0.05) is 57.5 Å². The topological polar surface area (TPSA) is 21.6 Å². The lowest BCUT2D eigenvalue weighted by molar-refractivity contribution is 0.309. The first kappa shape index (κ1) is 18.4. The number of aliphatic imine (C=N–C) groups is 1. The molecule has 0 radical (unpaired) electrons. The van der Waals surface area contributed by atoms with E-state index in [4.69, 9.17) is 9.73 Å². The van der Waals surface area contributed by atoms with Crippen molar-refractivity contribution in [1.82, 2.24) is 0 Å². The first-order valence-electron chi connectivity index (χ1n) is 9.76. The van der Waals surface area contributed by atoms with Crippen molar-refractivity contribution in [2.24, 2.45) is 4.99 Å². The van der Waals surface area contributed by atoms with Crippen LogP contribution in [0.4, 0.5) is 0 Å². The van der Waals surface area contributed by atoms with Crippen molar-refractivity contribution in [3.8, 4) is 5.75 Å². The summed E-state index contributed by atoms with van der Waals surface area (Å²) < 4.78 is 5.85. The zero-order chi connectivity index (χ0) is 18.4. The molecular weight excluding hydrogens is 318 g/mol. The second kappa shape index (κ2) is 8.84. The Balaban J connectivity index is 1.73. The van der Waals surface area contributed by atoms with Crippen molar-refractivity contribution in [2.45, 2.75) is 46.0 Å². The van der Waals surface area contributed by atoms with Crippen molar-refractivity contribution >= 4 is 11.8 Å². The maximum Gasteiger partial charge on any atom is 0.119 e. The van der Waals surface area contributed by atoms with Crippen LogP contribution in [0.2, 0.25) is 0 Å². The van der Waals surface area contributed by atoms with E-state index in [1.54, 1.807) is 0 Å². The van der Waals surface area contributed by atoms with Gasteiger partial charge in [0.05, 0.1) is 12.3 Å². The molecule has 0 fully saturated rings. The van der Waals surface area contributed by atoms with Crippen LogP contribution in [0, 0.1) is 0 Å². The molecule has 1 aliphatic heterocycles. The second-order valence-corrected chi connectivity index (χ2v) is 7.19. The van der Waals surface area contributed by atoms with E-state index in [1.807, 2.05) is 0 Å². The summed E-state index contributed by atoms with van der Waals surface area (Å²) in [6.45, 7) is 8.26. The fourth-order valence-corrected chi connectivity index (χ4v) is 3.14. The lowest BCUT2D eigenvalue weighted by Gasteiger charge is -2.16. The van der Waals surface area contributed by atoms with Gasteiger partial charge in [-0.05, 0) is 59.7 Å². The van der Waals surface area contributed by atoms with Crippen LogP contribution in [0.15, 0.2) is 53.5 Å². The average molecular weight is 348 g/mol. The predicted molar refractivity (Wildman–Crippen MR) is 112 cm³/mol. The summed E-state index contributed by atoms with van der Waals surface area (Å²) in [5.41, 5.74) is 6.22. The van der Waals surface area contributed by atoms with Gasteiger partial charge in [0.15, 0.2) is 0 Å². The van der Waals surface area contributed by atoms with Crippen LogP contribution in [-0.4, -0.2) is 18.9 Å². The molecule has 136 valence electrons. The third-order valence-corrected chi connectivity index (χ3v) is 4.82. The minimum absolute atomic E-state index is 0.566. The van der Waals surface area contributed by atoms with E-state index in [0.29, 0.717) is 5.92 Å². The Labute approximate surface area is 157 Å². The van der Waals surface area contributed by atoms with Crippen molar-refractivity contribution in [3.05, 3.63) is 70.8 Å². The molecule has 0 spiro atoms. The van der Waals surface area contributed by atoms with Gasteiger partial charge < -0.3 is 4.74 Å². The van der Waals surface area contributed by atoms with Gasteiger partial charge in [-0.3, -0.25) is 4.99 Å². The van der Waals surface area contributed by atoms with Crippen molar-refractivity contribution in [1.29, 1.82) is 0 Å². The molecule has 2 aromatic carbocycles. The van der Waals surface area contributed by atoms with Crippen molar-refractivity contribution < 1.29 is 4.74 Å². The van der Waals surface area contributed by atoms with E-state index in [1.165, 1.54) is 22.3 Å². The smallest absolute Gasteiger partial charge is 0.119 e. The Morgan fingerprint density at radius 3 is 2.62 bits per heavy atom. The van der Waals surface area contributed by atoms with Gasteiger partial charge in [-0.25, -0.2) is 0 Å². The quantitative estimate of drug-likeness (QED) is 0.559. The molecule has 2 nitrogen and oxygen atoms in total. The van der Waals surface area contributed by atoms with Crippen LogP contribution in [0.5, 0.6) is 5.75 Å². The van der Waals surface area contributed by atoms with Gasteiger partial charge in [0.2, 0.25) is 0 Å². The number of allylic oxidation sites excluding steroid dienone is 1. The fourth-order valence-electron chi connectivity index (χ4n) is 3.14. The summed E-state index contributed by atoms with van der Waals surface area (Å²) >= 11 is 0. The van der Waals surface area contributed by atoms with Gasteiger partial charge >= 0.3 is 0 Å². The highest BCUT2D eigenvalue weighted by molar-refractivity contribution is 6.12. The zero-order valence-electron chi connectivity index (χ0n) is 16.2. The number of hydrogen-bond acceptors (Lipinski definition) is 2. The molecule has 0 aromatic heterocycles. The van der Waals surface area contributed by atoms with E-state index in [0.717, 1.165) is 43.9 Å². The zero-order valence-corrected chi connectivity index (χ0v) is 16.2.